The van der Waals surface area contributed by atoms with Crippen LogP contribution in [0.25, 0.3) is 5.65 Å². The molecule has 1 aromatic carbocycles. The smallest absolute Gasteiger partial charge is 0.258 e. The summed E-state index contributed by atoms with van der Waals surface area (Å²) in [7, 11) is 2.02. The lowest BCUT2D eigenvalue weighted by Gasteiger charge is -2.36. The number of piperidine rings is 1. The number of hydrogen-bond acceptors (Lipinski definition) is 6. The molecule has 3 aliphatic heterocycles. The predicted octanol–water partition coefficient (Wildman–Crippen LogP) is 3.27. The van der Waals surface area contributed by atoms with Crippen molar-refractivity contribution in [2.24, 2.45) is 0 Å². The maximum absolute atomic E-state index is 14.2. The van der Waals surface area contributed by atoms with Crippen LogP contribution in [-0.4, -0.2) is 66.8 Å². The van der Waals surface area contributed by atoms with E-state index in [9.17, 15) is 14.3 Å². The molecule has 1 amide bonds. The first-order valence-corrected chi connectivity index (χ1v) is 12.3. The van der Waals surface area contributed by atoms with Crippen molar-refractivity contribution in [3.8, 4) is 5.75 Å². The summed E-state index contributed by atoms with van der Waals surface area (Å²) in [5.74, 6) is -0.454. The Kier molecular flexibility index (Phi) is 5.28. The molecule has 0 radical (unpaired) electrons. The summed E-state index contributed by atoms with van der Waals surface area (Å²) in [5.41, 5.74) is 4.23. The van der Waals surface area contributed by atoms with Crippen LogP contribution in [0.2, 0.25) is 5.02 Å². The Morgan fingerprint density at radius 1 is 1.23 bits per heavy atom. The van der Waals surface area contributed by atoms with E-state index in [-0.39, 0.29) is 35.9 Å². The number of rotatable bonds is 3. The van der Waals surface area contributed by atoms with Gasteiger partial charge in [-0.1, -0.05) is 11.6 Å². The van der Waals surface area contributed by atoms with E-state index in [1.54, 1.807) is 9.42 Å². The fourth-order valence-electron chi connectivity index (χ4n) is 5.87. The van der Waals surface area contributed by atoms with Gasteiger partial charge in [-0.25, -0.2) is 13.9 Å². The fraction of sp³-hybridized carbons (Fsp3) is 0.480. The number of aryl methyl sites for hydroxylation is 2. The average Bonchev–Trinajstić information content (AvgIpc) is 3.41. The standard InChI is InChI=1S/C25H27ClFN5O3/c1-12-23(26)13(2)32-24(28-12)18-10-31(11-19(18)29-32)25(34)17-5-4-14(27)6-22(17)35-16-7-15-8-21(33)20(9-16)30(15)3/h4-6,15-16,20-21,33H,7-11H2,1-3H3/t15?,16-,20?,21?/m0/s1. The number of ether oxygens (including phenoxy) is 1. The highest BCUT2D eigenvalue weighted by Crippen LogP contribution is 2.38. The largest absolute Gasteiger partial charge is 0.489 e. The number of amides is 1. The minimum Gasteiger partial charge on any atom is -0.489 e. The normalized spacial score (nSPS) is 25.9. The van der Waals surface area contributed by atoms with Gasteiger partial charge in [-0.05, 0) is 45.9 Å². The predicted molar refractivity (Wildman–Crippen MR) is 127 cm³/mol. The number of likely N-dealkylation sites (N-methyl/N-ethyl adjacent to an activating group) is 1. The van der Waals surface area contributed by atoms with Crippen LogP contribution < -0.4 is 4.74 Å². The third-order valence-corrected chi connectivity index (χ3v) is 8.35. The van der Waals surface area contributed by atoms with Gasteiger partial charge in [0, 0.05) is 30.1 Å². The van der Waals surface area contributed by atoms with Crippen molar-refractivity contribution >= 4 is 23.2 Å². The molecule has 0 spiro atoms. The first-order valence-electron chi connectivity index (χ1n) is 11.9. The second-order valence-electron chi connectivity index (χ2n) is 9.96. The van der Waals surface area contributed by atoms with Gasteiger partial charge >= 0.3 is 0 Å². The molecule has 3 aliphatic rings. The molecule has 5 heterocycles. The van der Waals surface area contributed by atoms with Gasteiger partial charge in [0.1, 0.15) is 17.7 Å². The van der Waals surface area contributed by atoms with Crippen LogP contribution in [0.15, 0.2) is 18.2 Å². The van der Waals surface area contributed by atoms with E-state index < -0.39 is 5.82 Å². The van der Waals surface area contributed by atoms with Gasteiger partial charge in [0.2, 0.25) is 0 Å². The van der Waals surface area contributed by atoms with Gasteiger partial charge in [0.05, 0.1) is 46.9 Å². The number of carbonyl (C=O) groups excluding carboxylic acids is 1. The van der Waals surface area contributed by atoms with E-state index in [4.69, 9.17) is 16.3 Å². The monoisotopic (exact) mass is 499 g/mol. The molecular weight excluding hydrogens is 473 g/mol. The molecule has 8 nitrogen and oxygen atoms in total. The van der Waals surface area contributed by atoms with E-state index in [0.29, 0.717) is 42.2 Å². The zero-order valence-corrected chi connectivity index (χ0v) is 20.6. The highest BCUT2D eigenvalue weighted by atomic mass is 35.5. The molecule has 2 bridgehead atoms. The number of aliphatic hydroxyl groups excluding tert-OH is 1. The molecule has 2 saturated heterocycles. The first-order chi connectivity index (χ1) is 16.7. The molecule has 1 N–H and O–H groups in total. The summed E-state index contributed by atoms with van der Waals surface area (Å²) < 4.78 is 22.2. The van der Waals surface area contributed by atoms with E-state index in [1.165, 1.54) is 18.2 Å². The van der Waals surface area contributed by atoms with Crippen LogP contribution in [0.4, 0.5) is 4.39 Å². The number of fused-ring (bicyclic) bond motifs is 5. The van der Waals surface area contributed by atoms with E-state index in [1.807, 2.05) is 20.9 Å². The molecule has 35 heavy (non-hydrogen) atoms. The minimum absolute atomic E-state index is 0.0179. The number of hydrogen-bond donors (Lipinski definition) is 1. The summed E-state index contributed by atoms with van der Waals surface area (Å²) in [6.07, 6.45) is 1.50. The summed E-state index contributed by atoms with van der Waals surface area (Å²) in [6.45, 7) is 4.43. The summed E-state index contributed by atoms with van der Waals surface area (Å²) >= 11 is 6.34. The van der Waals surface area contributed by atoms with Gasteiger partial charge in [-0.15, -0.1) is 0 Å². The van der Waals surface area contributed by atoms with Crippen molar-refractivity contribution in [1.82, 2.24) is 24.4 Å². The molecule has 6 rings (SSSR count). The quantitative estimate of drug-likeness (QED) is 0.595. The summed E-state index contributed by atoms with van der Waals surface area (Å²) in [4.78, 5) is 22.0. The van der Waals surface area contributed by atoms with Crippen molar-refractivity contribution < 1.29 is 19.0 Å². The zero-order valence-electron chi connectivity index (χ0n) is 19.8. The highest BCUT2D eigenvalue weighted by molar-refractivity contribution is 6.31. The Hall–Kier alpha value is -2.75. The average molecular weight is 500 g/mol. The molecule has 0 saturated carbocycles. The minimum atomic E-state index is -0.457. The van der Waals surface area contributed by atoms with E-state index >= 15 is 0 Å². The second-order valence-corrected chi connectivity index (χ2v) is 10.3. The van der Waals surface area contributed by atoms with Gasteiger partial charge in [-0.2, -0.15) is 5.10 Å². The first kappa shape index (κ1) is 22.7. The Morgan fingerprint density at radius 3 is 2.80 bits per heavy atom. The van der Waals surface area contributed by atoms with Gasteiger partial charge in [0.15, 0.2) is 5.65 Å². The van der Waals surface area contributed by atoms with Crippen molar-refractivity contribution in [2.45, 2.75) is 70.5 Å². The van der Waals surface area contributed by atoms with Crippen molar-refractivity contribution in [1.29, 1.82) is 0 Å². The number of nitrogens with zero attached hydrogens (tertiary/aromatic N) is 5. The van der Waals surface area contributed by atoms with Crippen LogP contribution in [0.1, 0.15) is 52.3 Å². The summed E-state index contributed by atoms with van der Waals surface area (Å²) in [6, 6.07) is 4.29. The lowest BCUT2D eigenvalue weighted by molar-refractivity contribution is 0.0392. The van der Waals surface area contributed by atoms with Crippen LogP contribution in [-0.2, 0) is 13.1 Å². The molecule has 4 atom stereocenters. The SMILES string of the molecule is Cc1nc2c3c(nn2c(C)c1Cl)CN(C(=O)c1ccc(F)cc1O[C@H]1CC2CC(O)C(C1)N2C)C3. The number of benzene rings is 1. The molecule has 3 unspecified atom stereocenters. The topological polar surface area (TPSA) is 83.2 Å². The van der Waals surface area contributed by atoms with Gasteiger partial charge < -0.3 is 14.7 Å². The van der Waals surface area contributed by atoms with Gasteiger partial charge in [-0.3, -0.25) is 9.69 Å². The van der Waals surface area contributed by atoms with Crippen molar-refractivity contribution in [2.75, 3.05) is 7.05 Å². The van der Waals surface area contributed by atoms with E-state index in [0.717, 1.165) is 29.1 Å². The van der Waals surface area contributed by atoms with E-state index in [2.05, 4.69) is 15.0 Å². The molecule has 184 valence electrons. The van der Waals surface area contributed by atoms with Crippen LogP contribution in [0.3, 0.4) is 0 Å². The molecular formula is C25H27ClFN5O3. The third-order valence-electron chi connectivity index (χ3n) is 7.81. The molecule has 0 aliphatic carbocycles. The lowest BCUT2D eigenvalue weighted by atomic mass is 10.00. The van der Waals surface area contributed by atoms with Crippen LogP contribution >= 0.6 is 11.6 Å². The fourth-order valence-corrected chi connectivity index (χ4v) is 5.99. The van der Waals surface area contributed by atoms with Crippen LogP contribution in [0.5, 0.6) is 5.75 Å². The van der Waals surface area contributed by atoms with Crippen LogP contribution in [0, 0.1) is 19.7 Å². The maximum Gasteiger partial charge on any atom is 0.258 e. The Labute approximate surface area is 207 Å². The Bertz CT molecular complexity index is 1360. The summed E-state index contributed by atoms with van der Waals surface area (Å²) in [5, 5.41) is 15.6. The van der Waals surface area contributed by atoms with Gasteiger partial charge in [0.25, 0.3) is 5.91 Å². The number of halogens is 2. The van der Waals surface area contributed by atoms with Crippen molar-refractivity contribution in [3.63, 3.8) is 0 Å². The maximum atomic E-state index is 14.2. The second kappa shape index (κ2) is 8.15. The molecule has 2 aromatic heterocycles. The molecule has 10 heteroatoms. The number of aromatic nitrogens is 3. The lowest BCUT2D eigenvalue weighted by Crippen LogP contribution is -2.46. The highest BCUT2D eigenvalue weighted by Gasteiger charge is 2.45. The number of aliphatic hydroxyl groups is 1. The Balaban J connectivity index is 1.26. The Morgan fingerprint density at radius 2 is 2.03 bits per heavy atom. The zero-order chi connectivity index (χ0) is 24.6. The molecule has 2 fully saturated rings. The van der Waals surface area contributed by atoms with Crippen molar-refractivity contribution in [3.05, 3.63) is 57.2 Å². The number of carbonyl (C=O) groups is 1. The third kappa shape index (κ3) is 3.59. The molecule has 3 aromatic rings.